The number of esters is 1. The quantitative estimate of drug-likeness (QED) is 0.831. The molecule has 2 heterocycles. The summed E-state index contributed by atoms with van der Waals surface area (Å²) in [6.07, 6.45) is 0.742. The lowest BCUT2D eigenvalue weighted by atomic mass is 9.82. The maximum atomic E-state index is 11.4. The Bertz CT molecular complexity index is 529. The monoisotopic (exact) mass is 355 g/mol. The van der Waals surface area contributed by atoms with Crippen LogP contribution < -0.4 is 5.32 Å². The Kier molecular flexibility index (Phi) is 4.05. The van der Waals surface area contributed by atoms with Crippen molar-refractivity contribution >= 4 is 21.9 Å². The predicted molar refractivity (Wildman–Crippen MR) is 80.0 cm³/mol. The second kappa shape index (κ2) is 5.68. The zero-order valence-corrected chi connectivity index (χ0v) is 13.4. The lowest BCUT2D eigenvalue weighted by Crippen LogP contribution is -2.59. The lowest BCUT2D eigenvalue weighted by Gasteiger charge is -2.39. The minimum atomic E-state index is -0.586. The van der Waals surface area contributed by atoms with Crippen molar-refractivity contribution in [3.05, 3.63) is 34.3 Å². The number of benzene rings is 1. The van der Waals surface area contributed by atoms with Gasteiger partial charge in [0.25, 0.3) is 0 Å². The standard InChI is InChI=1S/C15H18BrNO4/c1-19-13(18)6-20-15(11-2-4-12(16)5-3-11)7-14(21-10-15)8-17-9-14/h2-5,17H,6-10H2,1H3. The van der Waals surface area contributed by atoms with Gasteiger partial charge in [-0.2, -0.15) is 0 Å². The Balaban J connectivity index is 1.84. The number of carbonyl (C=O) groups is 1. The number of ether oxygens (including phenoxy) is 3. The van der Waals surface area contributed by atoms with Crippen molar-refractivity contribution in [3.63, 3.8) is 0 Å². The minimum Gasteiger partial charge on any atom is -0.467 e. The van der Waals surface area contributed by atoms with Crippen LogP contribution in [0.15, 0.2) is 28.7 Å². The van der Waals surface area contributed by atoms with Crippen LogP contribution in [0, 0.1) is 0 Å². The fourth-order valence-electron chi connectivity index (χ4n) is 2.89. The minimum absolute atomic E-state index is 0.0700. The van der Waals surface area contributed by atoms with Gasteiger partial charge in [-0.15, -0.1) is 0 Å². The van der Waals surface area contributed by atoms with Crippen LogP contribution in [-0.2, 0) is 24.6 Å². The van der Waals surface area contributed by atoms with E-state index in [1.54, 1.807) is 0 Å². The van der Waals surface area contributed by atoms with Gasteiger partial charge < -0.3 is 19.5 Å². The van der Waals surface area contributed by atoms with Crippen molar-refractivity contribution in [2.45, 2.75) is 17.6 Å². The molecule has 1 aromatic carbocycles. The van der Waals surface area contributed by atoms with E-state index in [1.165, 1.54) is 7.11 Å². The Morgan fingerprint density at radius 2 is 2.10 bits per heavy atom. The van der Waals surface area contributed by atoms with Gasteiger partial charge in [-0.3, -0.25) is 0 Å². The fraction of sp³-hybridized carbons (Fsp3) is 0.533. The summed E-state index contributed by atoms with van der Waals surface area (Å²) in [6, 6.07) is 7.97. The molecular formula is C15H18BrNO4. The smallest absolute Gasteiger partial charge is 0.331 e. The summed E-state index contributed by atoms with van der Waals surface area (Å²) in [5.41, 5.74) is 0.276. The Labute approximate surface area is 132 Å². The van der Waals surface area contributed by atoms with Gasteiger partial charge in [0, 0.05) is 24.0 Å². The van der Waals surface area contributed by atoms with Gasteiger partial charge in [0.1, 0.15) is 12.2 Å². The third-order valence-electron chi connectivity index (χ3n) is 4.18. The molecule has 0 aromatic heterocycles. The normalized spacial score (nSPS) is 26.6. The molecule has 6 heteroatoms. The number of rotatable bonds is 4. The van der Waals surface area contributed by atoms with Crippen molar-refractivity contribution in [3.8, 4) is 0 Å². The number of hydrogen-bond acceptors (Lipinski definition) is 5. The fourth-order valence-corrected chi connectivity index (χ4v) is 3.16. The maximum absolute atomic E-state index is 11.4. The molecule has 0 aliphatic carbocycles. The van der Waals surface area contributed by atoms with E-state index in [2.05, 4.69) is 26.0 Å². The average molecular weight is 356 g/mol. The average Bonchev–Trinajstić information content (AvgIpc) is 2.87. The van der Waals surface area contributed by atoms with Crippen LogP contribution in [0.4, 0.5) is 0 Å². The molecule has 114 valence electrons. The first-order valence-corrected chi connectivity index (χ1v) is 7.68. The van der Waals surface area contributed by atoms with Crippen LogP contribution in [0.2, 0.25) is 0 Å². The summed E-state index contributed by atoms with van der Waals surface area (Å²) in [6.45, 7) is 2.03. The third-order valence-corrected chi connectivity index (χ3v) is 4.71. The van der Waals surface area contributed by atoms with E-state index >= 15 is 0 Å². The van der Waals surface area contributed by atoms with Crippen LogP contribution in [0.5, 0.6) is 0 Å². The van der Waals surface area contributed by atoms with Crippen molar-refractivity contribution in [1.29, 1.82) is 0 Å². The van der Waals surface area contributed by atoms with E-state index in [4.69, 9.17) is 9.47 Å². The van der Waals surface area contributed by atoms with E-state index in [-0.39, 0.29) is 18.2 Å². The molecule has 2 fully saturated rings. The van der Waals surface area contributed by atoms with E-state index in [0.717, 1.165) is 29.5 Å². The predicted octanol–water partition coefficient (Wildman–Crippen LogP) is 1.60. The van der Waals surface area contributed by atoms with Crippen molar-refractivity contribution in [1.82, 2.24) is 5.32 Å². The first kappa shape index (κ1) is 15.0. The van der Waals surface area contributed by atoms with Crippen molar-refractivity contribution in [2.24, 2.45) is 0 Å². The molecule has 1 spiro atoms. The summed E-state index contributed by atoms with van der Waals surface area (Å²) < 4.78 is 17.6. The largest absolute Gasteiger partial charge is 0.467 e. The molecule has 5 nitrogen and oxygen atoms in total. The topological polar surface area (TPSA) is 56.8 Å². The molecule has 0 radical (unpaired) electrons. The highest BCUT2D eigenvalue weighted by Gasteiger charge is 2.54. The molecule has 1 aromatic rings. The number of carbonyl (C=O) groups excluding carboxylic acids is 1. The highest BCUT2D eigenvalue weighted by Crippen LogP contribution is 2.44. The van der Waals surface area contributed by atoms with E-state index in [1.807, 2.05) is 24.3 Å². The van der Waals surface area contributed by atoms with Crippen molar-refractivity contribution in [2.75, 3.05) is 33.4 Å². The Hall–Kier alpha value is -0.950. The van der Waals surface area contributed by atoms with Gasteiger partial charge >= 0.3 is 5.97 Å². The van der Waals surface area contributed by atoms with Crippen LogP contribution in [0.25, 0.3) is 0 Å². The number of methoxy groups -OCH3 is 1. The van der Waals surface area contributed by atoms with Crippen LogP contribution >= 0.6 is 15.9 Å². The molecule has 2 aliphatic heterocycles. The number of hydrogen-bond donors (Lipinski definition) is 1. The van der Waals surface area contributed by atoms with Crippen LogP contribution in [-0.4, -0.2) is 45.0 Å². The van der Waals surface area contributed by atoms with Gasteiger partial charge in [0.2, 0.25) is 0 Å². The highest BCUT2D eigenvalue weighted by atomic mass is 79.9. The maximum Gasteiger partial charge on any atom is 0.331 e. The summed E-state index contributed by atoms with van der Waals surface area (Å²) in [5.74, 6) is -0.376. The lowest BCUT2D eigenvalue weighted by molar-refractivity contribution is -0.154. The summed E-state index contributed by atoms with van der Waals surface area (Å²) in [5, 5.41) is 3.24. The zero-order valence-electron chi connectivity index (χ0n) is 11.9. The molecule has 0 saturated carbocycles. The van der Waals surface area contributed by atoms with Crippen molar-refractivity contribution < 1.29 is 19.0 Å². The van der Waals surface area contributed by atoms with Crippen LogP contribution in [0.1, 0.15) is 12.0 Å². The molecule has 1 N–H and O–H groups in total. The van der Waals surface area contributed by atoms with Gasteiger partial charge in [0.05, 0.1) is 19.3 Å². The molecular weight excluding hydrogens is 338 g/mol. The second-order valence-electron chi connectivity index (χ2n) is 5.62. The SMILES string of the molecule is COC(=O)COC1(c2ccc(Br)cc2)COC2(CNC2)C1. The van der Waals surface area contributed by atoms with Crippen LogP contribution in [0.3, 0.4) is 0 Å². The Morgan fingerprint density at radius 3 is 2.62 bits per heavy atom. The molecule has 1 atom stereocenters. The van der Waals surface area contributed by atoms with Gasteiger partial charge in [0.15, 0.2) is 0 Å². The number of halogens is 1. The molecule has 1 unspecified atom stereocenters. The first-order chi connectivity index (χ1) is 10.1. The zero-order chi connectivity index (χ0) is 14.9. The first-order valence-electron chi connectivity index (χ1n) is 6.89. The second-order valence-corrected chi connectivity index (χ2v) is 6.53. The molecule has 3 rings (SSSR count). The molecule has 2 saturated heterocycles. The highest BCUT2D eigenvalue weighted by molar-refractivity contribution is 9.10. The van der Waals surface area contributed by atoms with E-state index < -0.39 is 5.60 Å². The molecule has 2 aliphatic rings. The number of nitrogens with one attached hydrogen (secondary N) is 1. The summed E-state index contributed by atoms with van der Waals surface area (Å²) in [7, 11) is 1.36. The van der Waals surface area contributed by atoms with Gasteiger partial charge in [-0.25, -0.2) is 4.79 Å². The third kappa shape index (κ3) is 2.85. The molecule has 21 heavy (non-hydrogen) atoms. The van der Waals surface area contributed by atoms with E-state index in [9.17, 15) is 4.79 Å². The molecule has 0 amide bonds. The Morgan fingerprint density at radius 1 is 1.38 bits per heavy atom. The van der Waals surface area contributed by atoms with Gasteiger partial charge in [-0.05, 0) is 17.7 Å². The molecule has 0 bridgehead atoms. The summed E-state index contributed by atoms with van der Waals surface area (Å²) in [4.78, 5) is 11.4. The summed E-state index contributed by atoms with van der Waals surface area (Å²) >= 11 is 3.44. The van der Waals surface area contributed by atoms with Gasteiger partial charge in [-0.1, -0.05) is 28.1 Å². The van der Waals surface area contributed by atoms with E-state index in [0.29, 0.717) is 6.61 Å².